The van der Waals surface area contributed by atoms with E-state index in [-0.39, 0.29) is 11.6 Å². The Bertz CT molecular complexity index is 531. The van der Waals surface area contributed by atoms with Gasteiger partial charge in [0.2, 0.25) is 0 Å². The molecule has 20 heavy (non-hydrogen) atoms. The van der Waals surface area contributed by atoms with Crippen LogP contribution in [0.3, 0.4) is 0 Å². The molecule has 0 aliphatic heterocycles. The van der Waals surface area contributed by atoms with Crippen molar-refractivity contribution in [1.29, 1.82) is 0 Å². The molecule has 1 rings (SSSR count). The van der Waals surface area contributed by atoms with Gasteiger partial charge in [0.15, 0.2) is 11.6 Å². The highest BCUT2D eigenvalue weighted by Gasteiger charge is 2.25. The quantitative estimate of drug-likeness (QED) is 0.905. The number of carboxylic acid groups (broad SMARTS) is 1. The van der Waals surface area contributed by atoms with Gasteiger partial charge in [-0.05, 0) is 32.4 Å². The highest BCUT2D eigenvalue weighted by atomic mass is 19.2. The molecule has 1 atom stereocenters. The molecular weight excluding hydrogens is 268 g/mol. The molecule has 110 valence electrons. The van der Waals surface area contributed by atoms with Crippen LogP contribution in [0.2, 0.25) is 0 Å². The summed E-state index contributed by atoms with van der Waals surface area (Å²) in [6.07, 6.45) is 0.672. The van der Waals surface area contributed by atoms with Crippen molar-refractivity contribution in [2.45, 2.75) is 33.2 Å². The van der Waals surface area contributed by atoms with Crippen molar-refractivity contribution >= 4 is 11.9 Å². The van der Waals surface area contributed by atoms with E-state index < -0.39 is 29.1 Å². The summed E-state index contributed by atoms with van der Waals surface area (Å²) in [7, 11) is 0. The number of aromatic carboxylic acids is 1. The predicted molar refractivity (Wildman–Crippen MR) is 69.8 cm³/mol. The molecule has 0 saturated carbocycles. The Kier molecular flexibility index (Phi) is 5.19. The highest BCUT2D eigenvalue weighted by molar-refractivity contribution is 6.04. The number of rotatable bonds is 5. The molecule has 6 heteroatoms. The second-order valence-electron chi connectivity index (χ2n) is 4.47. The smallest absolute Gasteiger partial charge is 0.336 e. The number of hydrogen-bond acceptors (Lipinski definition) is 2. The summed E-state index contributed by atoms with van der Waals surface area (Å²) in [6, 6.07) is 1.06. The van der Waals surface area contributed by atoms with Crippen LogP contribution in [0.15, 0.2) is 12.1 Å². The van der Waals surface area contributed by atoms with Gasteiger partial charge in [0.05, 0.1) is 11.1 Å². The highest BCUT2D eigenvalue weighted by Crippen LogP contribution is 2.19. The van der Waals surface area contributed by atoms with Gasteiger partial charge in [-0.1, -0.05) is 6.92 Å². The monoisotopic (exact) mass is 285 g/mol. The molecule has 1 aromatic carbocycles. The molecule has 0 spiro atoms. The van der Waals surface area contributed by atoms with Crippen molar-refractivity contribution in [3.8, 4) is 0 Å². The molecule has 1 unspecified atom stereocenters. The molecule has 0 bridgehead atoms. The molecule has 1 aromatic rings. The number of carboxylic acids is 1. The van der Waals surface area contributed by atoms with Crippen LogP contribution in [-0.4, -0.2) is 34.5 Å². The first-order valence-corrected chi connectivity index (χ1v) is 6.36. The van der Waals surface area contributed by atoms with Gasteiger partial charge in [0.1, 0.15) is 0 Å². The number of nitrogens with zero attached hydrogens (tertiary/aromatic N) is 1. The largest absolute Gasteiger partial charge is 0.478 e. The second-order valence-corrected chi connectivity index (χ2v) is 4.47. The summed E-state index contributed by atoms with van der Waals surface area (Å²) in [5.74, 6) is -4.60. The predicted octanol–water partition coefficient (Wildman–Crippen LogP) is 2.92. The Labute approximate surface area is 116 Å². The summed E-state index contributed by atoms with van der Waals surface area (Å²) >= 11 is 0. The number of halogens is 2. The second kappa shape index (κ2) is 6.45. The molecule has 0 aromatic heterocycles. The van der Waals surface area contributed by atoms with E-state index in [0.717, 1.165) is 0 Å². The lowest BCUT2D eigenvalue weighted by atomic mass is 10.0. The zero-order chi connectivity index (χ0) is 15.4. The van der Waals surface area contributed by atoms with Gasteiger partial charge in [-0.3, -0.25) is 4.79 Å². The van der Waals surface area contributed by atoms with E-state index >= 15 is 0 Å². The Morgan fingerprint density at radius 3 is 2.10 bits per heavy atom. The fourth-order valence-corrected chi connectivity index (χ4v) is 1.93. The molecule has 4 nitrogen and oxygen atoms in total. The number of amides is 1. The normalized spacial score (nSPS) is 12.1. The van der Waals surface area contributed by atoms with E-state index in [2.05, 4.69) is 0 Å². The molecule has 1 N–H and O–H groups in total. The minimum absolute atomic E-state index is 0.123. The molecular formula is C14H17F2NO3. The average molecular weight is 285 g/mol. The van der Waals surface area contributed by atoms with E-state index in [1.807, 2.05) is 13.8 Å². The topological polar surface area (TPSA) is 57.6 Å². The lowest BCUT2D eigenvalue weighted by molar-refractivity contribution is 0.0654. The van der Waals surface area contributed by atoms with Crippen LogP contribution in [0.25, 0.3) is 0 Å². The first-order chi connectivity index (χ1) is 9.33. The van der Waals surface area contributed by atoms with Crippen LogP contribution in [0.4, 0.5) is 8.78 Å². The Morgan fingerprint density at radius 2 is 1.70 bits per heavy atom. The first kappa shape index (κ1) is 16.1. The van der Waals surface area contributed by atoms with Gasteiger partial charge in [0, 0.05) is 12.6 Å². The van der Waals surface area contributed by atoms with E-state index in [1.165, 1.54) is 4.90 Å². The van der Waals surface area contributed by atoms with Crippen LogP contribution in [-0.2, 0) is 0 Å². The van der Waals surface area contributed by atoms with Crippen molar-refractivity contribution in [2.75, 3.05) is 6.54 Å². The standard InChI is InChI=1S/C14H17F2NO3/c1-4-8(3)17(5-2)13(18)9-6-11(15)12(16)7-10(9)14(19)20/h6-8H,4-5H2,1-3H3,(H,19,20). The van der Waals surface area contributed by atoms with Crippen LogP contribution >= 0.6 is 0 Å². The average Bonchev–Trinajstić information content (AvgIpc) is 2.41. The van der Waals surface area contributed by atoms with Gasteiger partial charge in [0.25, 0.3) is 5.91 Å². The van der Waals surface area contributed by atoms with E-state index in [1.54, 1.807) is 6.92 Å². The third-order valence-corrected chi connectivity index (χ3v) is 3.25. The Hall–Kier alpha value is -1.98. The zero-order valence-corrected chi connectivity index (χ0v) is 11.6. The number of carbonyl (C=O) groups is 2. The molecule has 0 saturated heterocycles. The van der Waals surface area contributed by atoms with Gasteiger partial charge in [-0.15, -0.1) is 0 Å². The lowest BCUT2D eigenvalue weighted by Crippen LogP contribution is -2.38. The van der Waals surface area contributed by atoms with Crippen molar-refractivity contribution in [2.24, 2.45) is 0 Å². The van der Waals surface area contributed by atoms with Crippen molar-refractivity contribution < 1.29 is 23.5 Å². The number of carbonyl (C=O) groups excluding carboxylic acids is 1. The summed E-state index contributed by atoms with van der Waals surface area (Å²) < 4.78 is 26.4. The minimum atomic E-state index is -1.47. The van der Waals surface area contributed by atoms with Crippen LogP contribution in [0.5, 0.6) is 0 Å². The summed E-state index contributed by atoms with van der Waals surface area (Å²) in [5.41, 5.74) is -0.866. The van der Waals surface area contributed by atoms with E-state index in [9.17, 15) is 18.4 Å². The molecule has 0 heterocycles. The maximum absolute atomic E-state index is 13.3. The minimum Gasteiger partial charge on any atom is -0.478 e. The third-order valence-electron chi connectivity index (χ3n) is 3.25. The lowest BCUT2D eigenvalue weighted by Gasteiger charge is -2.27. The van der Waals surface area contributed by atoms with Gasteiger partial charge < -0.3 is 10.0 Å². The number of hydrogen-bond donors (Lipinski definition) is 1. The third kappa shape index (κ3) is 3.12. The van der Waals surface area contributed by atoms with Gasteiger partial charge in [-0.2, -0.15) is 0 Å². The summed E-state index contributed by atoms with van der Waals surface area (Å²) in [4.78, 5) is 24.8. The molecule has 0 aliphatic carbocycles. The van der Waals surface area contributed by atoms with Crippen molar-refractivity contribution in [3.63, 3.8) is 0 Å². The molecule has 0 radical (unpaired) electrons. The molecule has 1 amide bonds. The zero-order valence-electron chi connectivity index (χ0n) is 11.6. The summed E-state index contributed by atoms with van der Waals surface area (Å²) in [6.45, 7) is 5.78. The van der Waals surface area contributed by atoms with Crippen LogP contribution in [0, 0.1) is 11.6 Å². The van der Waals surface area contributed by atoms with Crippen LogP contribution in [0.1, 0.15) is 47.9 Å². The number of benzene rings is 1. The fourth-order valence-electron chi connectivity index (χ4n) is 1.93. The molecule has 0 fully saturated rings. The first-order valence-electron chi connectivity index (χ1n) is 6.36. The van der Waals surface area contributed by atoms with Gasteiger partial charge >= 0.3 is 5.97 Å². The summed E-state index contributed by atoms with van der Waals surface area (Å²) in [5, 5.41) is 9.02. The maximum atomic E-state index is 13.3. The molecule has 0 aliphatic rings. The van der Waals surface area contributed by atoms with Gasteiger partial charge in [-0.25, -0.2) is 13.6 Å². The van der Waals surface area contributed by atoms with Crippen molar-refractivity contribution in [1.82, 2.24) is 4.90 Å². The van der Waals surface area contributed by atoms with E-state index in [0.29, 0.717) is 25.1 Å². The maximum Gasteiger partial charge on any atom is 0.336 e. The SMILES string of the molecule is CCC(C)N(CC)C(=O)c1cc(F)c(F)cc1C(=O)O. The van der Waals surface area contributed by atoms with Crippen LogP contribution < -0.4 is 0 Å². The van der Waals surface area contributed by atoms with Crippen molar-refractivity contribution in [3.05, 3.63) is 34.9 Å². The Balaban J connectivity index is 3.33. The fraction of sp³-hybridized carbons (Fsp3) is 0.429. The Morgan fingerprint density at radius 1 is 1.20 bits per heavy atom. The van der Waals surface area contributed by atoms with E-state index in [4.69, 9.17) is 5.11 Å².